The molecule has 0 fully saturated rings. The predicted molar refractivity (Wildman–Crippen MR) is 90.1 cm³/mol. The van der Waals surface area contributed by atoms with Gasteiger partial charge in [0.25, 0.3) is 5.91 Å². The minimum atomic E-state index is -0.200. The number of fused-ring (bicyclic) bond motifs is 1. The van der Waals surface area contributed by atoms with Gasteiger partial charge in [-0.05, 0) is 55.7 Å². The Bertz CT molecular complexity index is 897. The molecule has 0 spiro atoms. The minimum Gasteiger partial charge on any atom is -0.508 e. The maximum absolute atomic E-state index is 12.8. The van der Waals surface area contributed by atoms with E-state index in [0.717, 1.165) is 22.5 Å². The van der Waals surface area contributed by atoms with E-state index in [4.69, 9.17) is 0 Å². The quantitative estimate of drug-likeness (QED) is 0.728. The summed E-state index contributed by atoms with van der Waals surface area (Å²) in [6.07, 6.45) is 2.60. The summed E-state index contributed by atoms with van der Waals surface area (Å²) < 4.78 is 1.83. The fraction of sp³-hybridized carbons (Fsp3) is 0.222. The van der Waals surface area contributed by atoms with Crippen molar-refractivity contribution in [2.75, 3.05) is 5.32 Å². The molecule has 3 aromatic rings. The Hall–Kier alpha value is -2.82. The number of pyridine rings is 1. The number of imidazole rings is 1. The molecule has 2 heterocycles. The van der Waals surface area contributed by atoms with Crippen LogP contribution in [0, 0.1) is 13.8 Å². The Morgan fingerprint density at radius 3 is 2.74 bits per heavy atom. The first-order valence-corrected chi connectivity index (χ1v) is 7.58. The number of anilines is 1. The Morgan fingerprint density at radius 1 is 1.26 bits per heavy atom. The van der Waals surface area contributed by atoms with Gasteiger partial charge in [-0.1, -0.05) is 13.0 Å². The van der Waals surface area contributed by atoms with Crippen LogP contribution in [-0.2, 0) is 6.42 Å². The number of nitrogens with one attached hydrogen (secondary N) is 1. The normalized spacial score (nSPS) is 10.9. The van der Waals surface area contributed by atoms with Gasteiger partial charge < -0.3 is 10.4 Å². The molecule has 0 bridgehead atoms. The molecule has 0 radical (unpaired) electrons. The summed E-state index contributed by atoms with van der Waals surface area (Å²) in [7, 11) is 0. The molecule has 0 aliphatic heterocycles. The number of aromatic hydroxyl groups is 1. The fourth-order valence-electron chi connectivity index (χ4n) is 2.66. The number of hydrogen-bond acceptors (Lipinski definition) is 3. The third kappa shape index (κ3) is 2.77. The molecule has 0 aliphatic rings. The van der Waals surface area contributed by atoms with Crippen molar-refractivity contribution in [3.63, 3.8) is 0 Å². The molecule has 3 rings (SSSR count). The lowest BCUT2D eigenvalue weighted by molar-refractivity contribution is 0.102. The van der Waals surface area contributed by atoms with Crippen LogP contribution < -0.4 is 5.32 Å². The van der Waals surface area contributed by atoms with Crippen molar-refractivity contribution in [3.8, 4) is 5.75 Å². The van der Waals surface area contributed by atoms with Gasteiger partial charge in [-0.15, -0.1) is 0 Å². The SMILES string of the molecule is CCc1nc2ccc(C)cn2c1C(=O)Nc1ccc(O)cc1C. The average Bonchev–Trinajstić information content (AvgIpc) is 2.87. The van der Waals surface area contributed by atoms with Gasteiger partial charge in [0.05, 0.1) is 5.69 Å². The van der Waals surface area contributed by atoms with E-state index >= 15 is 0 Å². The summed E-state index contributed by atoms with van der Waals surface area (Å²) in [5.41, 5.74) is 4.63. The van der Waals surface area contributed by atoms with E-state index in [-0.39, 0.29) is 11.7 Å². The molecule has 2 aromatic heterocycles. The second-order valence-corrected chi connectivity index (χ2v) is 5.65. The van der Waals surface area contributed by atoms with E-state index in [0.29, 0.717) is 17.8 Å². The van der Waals surface area contributed by atoms with Crippen LogP contribution in [0.3, 0.4) is 0 Å². The standard InChI is InChI=1S/C18H19N3O2/c1-4-14-17(21-10-11(2)5-8-16(21)19-14)18(23)20-15-7-6-13(22)9-12(15)3/h5-10,22H,4H2,1-3H3,(H,20,23). The highest BCUT2D eigenvalue weighted by Crippen LogP contribution is 2.22. The molecule has 0 saturated carbocycles. The highest BCUT2D eigenvalue weighted by molar-refractivity contribution is 6.05. The maximum atomic E-state index is 12.8. The third-order valence-corrected chi connectivity index (χ3v) is 3.85. The number of hydrogen-bond donors (Lipinski definition) is 2. The zero-order valence-electron chi connectivity index (χ0n) is 13.4. The van der Waals surface area contributed by atoms with Gasteiger partial charge >= 0.3 is 0 Å². The maximum Gasteiger partial charge on any atom is 0.274 e. The summed E-state index contributed by atoms with van der Waals surface area (Å²) in [6, 6.07) is 8.77. The van der Waals surface area contributed by atoms with Crippen molar-refractivity contribution in [1.29, 1.82) is 0 Å². The number of carbonyl (C=O) groups is 1. The van der Waals surface area contributed by atoms with Crippen molar-refractivity contribution in [2.45, 2.75) is 27.2 Å². The van der Waals surface area contributed by atoms with Gasteiger partial charge in [0.2, 0.25) is 0 Å². The molecular formula is C18H19N3O2. The lowest BCUT2D eigenvalue weighted by Gasteiger charge is -2.10. The van der Waals surface area contributed by atoms with Crippen molar-refractivity contribution in [1.82, 2.24) is 9.38 Å². The van der Waals surface area contributed by atoms with Gasteiger partial charge in [-0.2, -0.15) is 0 Å². The zero-order chi connectivity index (χ0) is 16.6. The topological polar surface area (TPSA) is 66.6 Å². The summed E-state index contributed by atoms with van der Waals surface area (Å²) in [5, 5.41) is 12.4. The lowest BCUT2D eigenvalue weighted by atomic mass is 10.1. The molecule has 118 valence electrons. The molecule has 1 aromatic carbocycles. The smallest absolute Gasteiger partial charge is 0.274 e. The van der Waals surface area contributed by atoms with Crippen LogP contribution in [-0.4, -0.2) is 20.4 Å². The second kappa shape index (κ2) is 5.76. The fourth-order valence-corrected chi connectivity index (χ4v) is 2.66. The van der Waals surface area contributed by atoms with E-state index in [1.807, 2.05) is 43.5 Å². The lowest BCUT2D eigenvalue weighted by Crippen LogP contribution is -2.17. The first kappa shape index (κ1) is 15.1. The first-order chi connectivity index (χ1) is 11.0. The molecule has 0 unspecified atom stereocenters. The zero-order valence-corrected chi connectivity index (χ0v) is 13.4. The number of phenols is 1. The van der Waals surface area contributed by atoms with Crippen molar-refractivity contribution in [2.24, 2.45) is 0 Å². The number of amides is 1. The molecule has 1 amide bonds. The number of carbonyl (C=O) groups excluding carboxylic acids is 1. The molecule has 0 aliphatic carbocycles. The molecule has 0 atom stereocenters. The van der Waals surface area contributed by atoms with E-state index in [2.05, 4.69) is 10.3 Å². The first-order valence-electron chi connectivity index (χ1n) is 7.58. The number of rotatable bonds is 3. The minimum absolute atomic E-state index is 0.181. The van der Waals surface area contributed by atoms with Gasteiger partial charge in [0.1, 0.15) is 17.1 Å². The number of nitrogens with zero attached hydrogens (tertiary/aromatic N) is 2. The number of benzene rings is 1. The van der Waals surface area contributed by atoms with E-state index in [9.17, 15) is 9.90 Å². The Kier molecular flexibility index (Phi) is 3.78. The second-order valence-electron chi connectivity index (χ2n) is 5.65. The van der Waals surface area contributed by atoms with Gasteiger partial charge in [-0.3, -0.25) is 9.20 Å². The molecule has 23 heavy (non-hydrogen) atoms. The molecule has 0 saturated heterocycles. The van der Waals surface area contributed by atoms with Gasteiger partial charge in [0.15, 0.2) is 0 Å². The van der Waals surface area contributed by atoms with Gasteiger partial charge in [-0.25, -0.2) is 4.98 Å². The van der Waals surface area contributed by atoms with E-state index in [1.54, 1.807) is 18.2 Å². The van der Waals surface area contributed by atoms with Crippen LogP contribution in [0.5, 0.6) is 5.75 Å². The van der Waals surface area contributed by atoms with Gasteiger partial charge in [0, 0.05) is 11.9 Å². The third-order valence-electron chi connectivity index (χ3n) is 3.85. The van der Waals surface area contributed by atoms with Crippen LogP contribution in [0.25, 0.3) is 5.65 Å². The van der Waals surface area contributed by atoms with Crippen molar-refractivity contribution < 1.29 is 9.90 Å². The van der Waals surface area contributed by atoms with Crippen LogP contribution in [0.15, 0.2) is 36.5 Å². The van der Waals surface area contributed by atoms with Crippen LogP contribution >= 0.6 is 0 Å². The van der Waals surface area contributed by atoms with Crippen LogP contribution in [0.4, 0.5) is 5.69 Å². The Morgan fingerprint density at radius 2 is 2.04 bits per heavy atom. The number of phenolic OH excluding ortho intramolecular Hbond substituents is 1. The van der Waals surface area contributed by atoms with Crippen molar-refractivity contribution in [3.05, 3.63) is 59.0 Å². The predicted octanol–water partition coefficient (Wildman–Crippen LogP) is 3.47. The molecule has 5 nitrogen and oxygen atoms in total. The largest absolute Gasteiger partial charge is 0.508 e. The summed E-state index contributed by atoms with van der Waals surface area (Å²) in [6.45, 7) is 5.81. The average molecular weight is 309 g/mol. The Labute approximate surface area is 134 Å². The molecular weight excluding hydrogens is 290 g/mol. The Balaban J connectivity index is 2.04. The van der Waals surface area contributed by atoms with E-state index < -0.39 is 0 Å². The summed E-state index contributed by atoms with van der Waals surface area (Å²) in [4.78, 5) is 17.3. The molecule has 5 heteroatoms. The van der Waals surface area contributed by atoms with Crippen molar-refractivity contribution >= 4 is 17.2 Å². The van der Waals surface area contributed by atoms with Crippen LogP contribution in [0.1, 0.15) is 34.2 Å². The van der Waals surface area contributed by atoms with Crippen LogP contribution in [0.2, 0.25) is 0 Å². The highest BCUT2D eigenvalue weighted by atomic mass is 16.3. The van der Waals surface area contributed by atoms with E-state index in [1.165, 1.54) is 0 Å². The summed E-state index contributed by atoms with van der Waals surface area (Å²) >= 11 is 0. The monoisotopic (exact) mass is 309 g/mol. The number of aryl methyl sites for hydroxylation is 3. The molecule has 2 N–H and O–H groups in total. The highest BCUT2D eigenvalue weighted by Gasteiger charge is 2.19. The summed E-state index contributed by atoms with van der Waals surface area (Å²) in [5.74, 6) is -0.0195. The number of aromatic nitrogens is 2.